The summed E-state index contributed by atoms with van der Waals surface area (Å²) in [6, 6.07) is 20.6. The van der Waals surface area contributed by atoms with Gasteiger partial charge in [0.1, 0.15) is 6.10 Å². The molecular formula is C23H27NO3Si. The van der Waals surface area contributed by atoms with Crippen LogP contribution in [0.5, 0.6) is 0 Å². The summed E-state index contributed by atoms with van der Waals surface area (Å²) in [7, 11) is -2.78. The van der Waals surface area contributed by atoms with Crippen LogP contribution in [0.4, 0.5) is 0 Å². The molecule has 0 bridgehead atoms. The van der Waals surface area contributed by atoms with Gasteiger partial charge in [-0.2, -0.15) is 0 Å². The molecule has 0 saturated carbocycles. The lowest BCUT2D eigenvalue weighted by Crippen LogP contribution is -2.68. The normalized spacial score (nSPS) is 22.6. The summed E-state index contributed by atoms with van der Waals surface area (Å²) in [4.78, 5) is 26.7. The van der Waals surface area contributed by atoms with Gasteiger partial charge in [0, 0.05) is 18.9 Å². The lowest BCUT2D eigenvalue weighted by Gasteiger charge is -2.44. The van der Waals surface area contributed by atoms with Crippen molar-refractivity contribution in [1.82, 2.24) is 4.90 Å². The van der Waals surface area contributed by atoms with Gasteiger partial charge in [-0.15, -0.1) is 0 Å². The van der Waals surface area contributed by atoms with Gasteiger partial charge in [-0.05, 0) is 21.8 Å². The highest BCUT2D eigenvalue weighted by molar-refractivity contribution is 6.99. The number of hydrogen-bond acceptors (Lipinski definition) is 3. The molecule has 4 nitrogen and oxygen atoms in total. The summed E-state index contributed by atoms with van der Waals surface area (Å²) in [6.07, 6.45) is 1.28. The molecule has 0 aromatic heterocycles. The maximum Gasteiger partial charge on any atom is 0.262 e. The monoisotopic (exact) mass is 393 g/mol. The van der Waals surface area contributed by atoms with Gasteiger partial charge in [0.2, 0.25) is 5.91 Å². The number of amides is 2. The Bertz CT molecular complexity index is 836. The Labute approximate surface area is 167 Å². The van der Waals surface area contributed by atoms with E-state index in [-0.39, 0.29) is 22.9 Å². The van der Waals surface area contributed by atoms with Gasteiger partial charge in [0.15, 0.2) is 0 Å². The fourth-order valence-corrected chi connectivity index (χ4v) is 9.41. The molecule has 5 heteroatoms. The van der Waals surface area contributed by atoms with E-state index < -0.39 is 14.4 Å². The molecule has 2 aliphatic heterocycles. The van der Waals surface area contributed by atoms with Crippen molar-refractivity contribution in [2.24, 2.45) is 0 Å². The van der Waals surface area contributed by atoms with E-state index in [0.717, 1.165) is 16.8 Å². The number of imide groups is 1. The molecule has 146 valence electrons. The van der Waals surface area contributed by atoms with Crippen molar-refractivity contribution < 1.29 is 14.0 Å². The molecule has 0 unspecified atom stereocenters. The van der Waals surface area contributed by atoms with E-state index in [4.69, 9.17) is 4.43 Å². The molecule has 0 spiro atoms. The average molecular weight is 394 g/mol. The van der Waals surface area contributed by atoms with Gasteiger partial charge in [0.25, 0.3) is 14.2 Å². The fourth-order valence-electron chi connectivity index (χ4n) is 4.78. The van der Waals surface area contributed by atoms with Crippen LogP contribution in [0, 0.1) is 0 Å². The van der Waals surface area contributed by atoms with Gasteiger partial charge in [-0.1, -0.05) is 81.4 Å². The van der Waals surface area contributed by atoms with Crippen molar-refractivity contribution >= 4 is 30.5 Å². The van der Waals surface area contributed by atoms with Crippen LogP contribution in [-0.4, -0.2) is 37.2 Å². The molecule has 2 heterocycles. The summed E-state index contributed by atoms with van der Waals surface area (Å²) in [5.41, 5.74) is 0. The Morgan fingerprint density at radius 3 is 1.93 bits per heavy atom. The first-order valence-corrected chi connectivity index (χ1v) is 11.9. The molecule has 0 N–H and O–H groups in total. The first-order valence-electron chi connectivity index (χ1n) is 9.99. The van der Waals surface area contributed by atoms with Crippen LogP contribution >= 0.6 is 0 Å². The molecular weight excluding hydrogens is 366 g/mol. The standard InChI is InChI=1S/C23H27NO3Si/c1-23(2,3)28(18-10-6-4-7-11-18,19-12-8-5-9-13-19)27-20-16-17-14-15-21(25)24(17)22(20)26/h4-13,17,20H,14-16H2,1-3H3/t17-,20+/m0/s1. The smallest absolute Gasteiger partial charge is 0.262 e. The Morgan fingerprint density at radius 1 is 0.929 bits per heavy atom. The first kappa shape index (κ1) is 19.1. The van der Waals surface area contributed by atoms with Crippen LogP contribution in [0.3, 0.4) is 0 Å². The fraction of sp³-hybridized carbons (Fsp3) is 0.391. The van der Waals surface area contributed by atoms with E-state index >= 15 is 0 Å². The lowest BCUT2D eigenvalue weighted by atomic mass is 10.1. The number of carbonyl (C=O) groups is 2. The minimum absolute atomic E-state index is 0.00298. The number of benzene rings is 2. The van der Waals surface area contributed by atoms with E-state index in [0.29, 0.717) is 12.8 Å². The minimum Gasteiger partial charge on any atom is -0.395 e. The van der Waals surface area contributed by atoms with Crippen molar-refractivity contribution in [1.29, 1.82) is 0 Å². The molecule has 2 atom stereocenters. The predicted octanol–water partition coefficient (Wildman–Crippen LogP) is 2.85. The van der Waals surface area contributed by atoms with Crippen LogP contribution in [0.15, 0.2) is 60.7 Å². The molecule has 2 aliphatic rings. The largest absolute Gasteiger partial charge is 0.395 e. The van der Waals surface area contributed by atoms with Crippen LogP contribution in [-0.2, 0) is 14.0 Å². The molecule has 2 fully saturated rings. The summed E-state index contributed by atoms with van der Waals surface area (Å²) in [6.45, 7) is 6.60. The number of fused-ring (bicyclic) bond motifs is 1. The summed E-state index contributed by atoms with van der Waals surface area (Å²) >= 11 is 0. The van der Waals surface area contributed by atoms with Gasteiger partial charge < -0.3 is 4.43 Å². The van der Waals surface area contributed by atoms with Crippen molar-refractivity contribution in [3.05, 3.63) is 60.7 Å². The van der Waals surface area contributed by atoms with Crippen LogP contribution in [0.2, 0.25) is 5.04 Å². The van der Waals surface area contributed by atoms with Gasteiger partial charge in [-0.3, -0.25) is 14.5 Å². The van der Waals surface area contributed by atoms with Crippen molar-refractivity contribution in [3.63, 3.8) is 0 Å². The number of hydrogen-bond donors (Lipinski definition) is 0. The zero-order valence-corrected chi connectivity index (χ0v) is 17.7. The number of nitrogens with zero attached hydrogens (tertiary/aromatic N) is 1. The van der Waals surface area contributed by atoms with E-state index in [1.807, 2.05) is 36.4 Å². The second-order valence-corrected chi connectivity index (χ2v) is 13.1. The van der Waals surface area contributed by atoms with Crippen LogP contribution < -0.4 is 10.4 Å². The highest BCUT2D eigenvalue weighted by Gasteiger charge is 2.56. The van der Waals surface area contributed by atoms with Crippen molar-refractivity contribution in [2.45, 2.75) is 57.2 Å². The summed E-state index contributed by atoms with van der Waals surface area (Å²) in [5.74, 6) is -0.205. The van der Waals surface area contributed by atoms with E-state index in [1.54, 1.807) is 0 Å². The number of rotatable bonds is 4. The average Bonchev–Trinajstić information content (AvgIpc) is 3.20. The quantitative estimate of drug-likeness (QED) is 0.593. The highest BCUT2D eigenvalue weighted by Crippen LogP contribution is 2.40. The third-order valence-corrected chi connectivity index (χ3v) is 11.1. The Balaban J connectivity index is 1.82. The van der Waals surface area contributed by atoms with Crippen molar-refractivity contribution in [3.8, 4) is 0 Å². The van der Waals surface area contributed by atoms with Gasteiger partial charge in [0.05, 0.1) is 0 Å². The highest BCUT2D eigenvalue weighted by atomic mass is 28.4. The lowest BCUT2D eigenvalue weighted by molar-refractivity contribution is -0.143. The molecule has 2 amide bonds. The molecule has 4 rings (SSSR count). The third-order valence-electron chi connectivity index (χ3n) is 6.06. The third kappa shape index (κ3) is 2.93. The molecule has 2 aromatic carbocycles. The molecule has 28 heavy (non-hydrogen) atoms. The Hall–Kier alpha value is -2.24. The Kier molecular flexibility index (Phi) is 4.76. The Morgan fingerprint density at radius 2 is 1.46 bits per heavy atom. The second-order valence-electron chi connectivity index (χ2n) is 8.80. The minimum atomic E-state index is -2.78. The SMILES string of the molecule is CC(C)(C)[Si](O[C@@H]1C[C@@H]2CCC(=O)N2C1=O)(c1ccccc1)c1ccccc1. The van der Waals surface area contributed by atoms with Crippen LogP contribution in [0.25, 0.3) is 0 Å². The van der Waals surface area contributed by atoms with E-state index in [2.05, 4.69) is 45.0 Å². The number of carbonyl (C=O) groups excluding carboxylic acids is 2. The molecule has 0 radical (unpaired) electrons. The van der Waals surface area contributed by atoms with Crippen molar-refractivity contribution in [2.75, 3.05) is 0 Å². The maximum absolute atomic E-state index is 13.1. The maximum atomic E-state index is 13.1. The topological polar surface area (TPSA) is 46.6 Å². The first-order chi connectivity index (χ1) is 13.3. The molecule has 0 aliphatic carbocycles. The molecule has 2 saturated heterocycles. The predicted molar refractivity (Wildman–Crippen MR) is 112 cm³/mol. The summed E-state index contributed by atoms with van der Waals surface area (Å²) < 4.78 is 6.93. The second kappa shape index (κ2) is 6.98. The zero-order chi connectivity index (χ0) is 19.9. The summed E-state index contributed by atoms with van der Waals surface area (Å²) in [5, 5.41) is 2.12. The van der Waals surface area contributed by atoms with E-state index in [9.17, 15) is 9.59 Å². The molecule has 2 aromatic rings. The van der Waals surface area contributed by atoms with Crippen LogP contribution in [0.1, 0.15) is 40.0 Å². The van der Waals surface area contributed by atoms with E-state index in [1.165, 1.54) is 4.90 Å². The van der Waals surface area contributed by atoms with Gasteiger partial charge >= 0.3 is 0 Å². The van der Waals surface area contributed by atoms with Gasteiger partial charge in [-0.25, -0.2) is 0 Å². The zero-order valence-electron chi connectivity index (χ0n) is 16.7.